The zero-order chi connectivity index (χ0) is 16.9. The van der Waals surface area contributed by atoms with E-state index in [1.165, 1.54) is 0 Å². The normalized spacial score (nSPS) is 26.4. The maximum absolute atomic E-state index is 12.1. The van der Waals surface area contributed by atoms with Crippen LogP contribution in [-0.2, 0) is 9.53 Å². The predicted molar refractivity (Wildman–Crippen MR) is 86.7 cm³/mol. The molecule has 2 aromatic rings. The van der Waals surface area contributed by atoms with Crippen molar-refractivity contribution < 1.29 is 19.4 Å². The van der Waals surface area contributed by atoms with Gasteiger partial charge in [0.25, 0.3) is 0 Å². The Kier molecular flexibility index (Phi) is 3.16. The van der Waals surface area contributed by atoms with Crippen molar-refractivity contribution in [3.05, 3.63) is 42.1 Å². The van der Waals surface area contributed by atoms with E-state index in [4.69, 9.17) is 15.2 Å². The number of nitrogens with two attached hydrogens (primary N) is 1. The first kappa shape index (κ1) is 14.8. The summed E-state index contributed by atoms with van der Waals surface area (Å²) in [6.45, 7) is 2.17. The lowest BCUT2D eigenvalue weighted by molar-refractivity contribution is -0.147. The number of hydrogen-bond donors (Lipinski definition) is 2. The number of benzene rings is 1. The molecule has 1 heterocycles. The summed E-state index contributed by atoms with van der Waals surface area (Å²) in [4.78, 5) is 16.0. The number of phenols is 1. The number of esters is 1. The minimum Gasteiger partial charge on any atom is -0.508 e. The molecule has 1 aromatic heterocycles. The van der Waals surface area contributed by atoms with Crippen molar-refractivity contribution in [3.8, 4) is 17.2 Å². The van der Waals surface area contributed by atoms with Gasteiger partial charge in [0, 0.05) is 23.7 Å². The number of fused-ring (bicyclic) bond motifs is 1. The topological polar surface area (TPSA) is 94.7 Å². The molecule has 2 fully saturated rings. The van der Waals surface area contributed by atoms with Crippen LogP contribution in [0.5, 0.6) is 17.2 Å². The molecule has 3 N–H and O–H groups in total. The number of carbonyl (C=O) groups excluding carboxylic acids is 1. The number of pyridine rings is 1. The number of nitrogen functional groups attached to an aromatic ring is 1. The van der Waals surface area contributed by atoms with Gasteiger partial charge in [0.2, 0.25) is 0 Å². The van der Waals surface area contributed by atoms with Crippen molar-refractivity contribution in [1.82, 2.24) is 4.98 Å². The van der Waals surface area contributed by atoms with Crippen LogP contribution in [-0.4, -0.2) is 22.7 Å². The van der Waals surface area contributed by atoms with E-state index >= 15 is 0 Å². The zero-order valence-corrected chi connectivity index (χ0v) is 13.2. The molecule has 6 heteroatoms. The monoisotopic (exact) mass is 326 g/mol. The highest BCUT2D eigenvalue weighted by atomic mass is 16.5. The molecule has 0 spiro atoms. The molecule has 0 unspecified atom stereocenters. The van der Waals surface area contributed by atoms with Gasteiger partial charge in [-0.1, -0.05) is 0 Å². The smallest absolute Gasteiger partial charge is 0.313 e. The third-order valence-electron chi connectivity index (χ3n) is 4.89. The van der Waals surface area contributed by atoms with E-state index in [-0.39, 0.29) is 23.6 Å². The van der Waals surface area contributed by atoms with Crippen LogP contribution < -0.4 is 10.5 Å². The number of aromatic nitrogens is 1. The SMILES string of the molecule is CCOC(=O)[C@@]12C[C@H]1[C@H]2c1cc(Oc2ccnc(N)c2)ccc1O. The first-order valence-electron chi connectivity index (χ1n) is 7.95. The van der Waals surface area contributed by atoms with Gasteiger partial charge in [0.15, 0.2) is 0 Å². The Balaban J connectivity index is 1.57. The van der Waals surface area contributed by atoms with Crippen molar-refractivity contribution in [3.63, 3.8) is 0 Å². The van der Waals surface area contributed by atoms with Crippen molar-refractivity contribution in [2.45, 2.75) is 19.3 Å². The van der Waals surface area contributed by atoms with Crippen LogP contribution in [0, 0.1) is 11.3 Å². The molecule has 1 aromatic carbocycles. The second-order valence-electron chi connectivity index (χ2n) is 6.29. The lowest BCUT2D eigenvalue weighted by Crippen LogP contribution is -2.15. The number of anilines is 1. The number of ether oxygens (including phenoxy) is 2. The number of hydrogen-bond acceptors (Lipinski definition) is 6. The van der Waals surface area contributed by atoms with Gasteiger partial charge in [-0.2, -0.15) is 0 Å². The van der Waals surface area contributed by atoms with Crippen LogP contribution in [0.1, 0.15) is 24.8 Å². The molecule has 3 atom stereocenters. The Hall–Kier alpha value is -2.76. The Morgan fingerprint density at radius 2 is 2.17 bits per heavy atom. The Labute approximate surface area is 139 Å². The second-order valence-corrected chi connectivity index (χ2v) is 6.29. The van der Waals surface area contributed by atoms with Crippen LogP contribution in [0.25, 0.3) is 0 Å². The fourth-order valence-corrected chi connectivity index (χ4v) is 3.50. The third-order valence-corrected chi connectivity index (χ3v) is 4.89. The molecule has 124 valence electrons. The van der Waals surface area contributed by atoms with Crippen molar-refractivity contribution in [1.29, 1.82) is 0 Å². The van der Waals surface area contributed by atoms with Gasteiger partial charge in [-0.15, -0.1) is 0 Å². The molecule has 2 aliphatic carbocycles. The maximum atomic E-state index is 12.1. The molecule has 0 amide bonds. The number of aromatic hydroxyl groups is 1. The molecule has 2 saturated carbocycles. The van der Waals surface area contributed by atoms with Gasteiger partial charge in [-0.05, 0) is 43.5 Å². The highest BCUT2D eigenvalue weighted by molar-refractivity contribution is 5.89. The predicted octanol–water partition coefficient (Wildman–Crippen LogP) is 2.83. The average Bonchev–Trinajstić information content (AvgIpc) is 3.40. The van der Waals surface area contributed by atoms with Gasteiger partial charge in [-0.25, -0.2) is 4.98 Å². The van der Waals surface area contributed by atoms with E-state index in [0.717, 1.165) is 12.0 Å². The largest absolute Gasteiger partial charge is 0.508 e. The van der Waals surface area contributed by atoms with Gasteiger partial charge < -0.3 is 20.3 Å². The zero-order valence-electron chi connectivity index (χ0n) is 13.2. The van der Waals surface area contributed by atoms with Crippen LogP contribution in [0.15, 0.2) is 36.5 Å². The fourth-order valence-electron chi connectivity index (χ4n) is 3.50. The molecule has 2 aliphatic rings. The molecule has 0 aliphatic heterocycles. The van der Waals surface area contributed by atoms with Gasteiger partial charge >= 0.3 is 5.97 Å². The Bertz CT molecular complexity index is 822. The quantitative estimate of drug-likeness (QED) is 0.821. The third kappa shape index (κ3) is 2.18. The first-order chi connectivity index (χ1) is 11.6. The molecular weight excluding hydrogens is 308 g/mol. The lowest BCUT2D eigenvalue weighted by atomic mass is 9.96. The maximum Gasteiger partial charge on any atom is 0.313 e. The molecule has 0 saturated heterocycles. The second kappa shape index (κ2) is 5.12. The molecule has 0 bridgehead atoms. The molecule has 24 heavy (non-hydrogen) atoms. The summed E-state index contributed by atoms with van der Waals surface area (Å²) in [6.07, 6.45) is 2.40. The molecular formula is C18H18N2O4. The van der Waals surface area contributed by atoms with Crippen molar-refractivity contribution in [2.75, 3.05) is 12.3 Å². The average molecular weight is 326 g/mol. The first-order valence-corrected chi connectivity index (χ1v) is 7.95. The summed E-state index contributed by atoms with van der Waals surface area (Å²) < 4.78 is 10.9. The number of carbonyl (C=O) groups is 1. The summed E-state index contributed by atoms with van der Waals surface area (Å²) in [5.41, 5.74) is 5.96. The van der Waals surface area contributed by atoms with Crippen LogP contribution in [0.3, 0.4) is 0 Å². The standard InChI is InChI=1S/C18H18N2O4/c1-2-23-17(22)18-9-13(18)16(18)12-7-10(3-4-14(12)21)24-11-5-6-20-15(19)8-11/h3-8,13,16,21H,2,9H2,1H3,(H2,19,20)/t13-,16+,18-/m0/s1. The number of rotatable bonds is 5. The van der Waals surface area contributed by atoms with Crippen LogP contribution >= 0.6 is 0 Å². The van der Waals surface area contributed by atoms with Crippen LogP contribution in [0.4, 0.5) is 5.82 Å². The van der Waals surface area contributed by atoms with E-state index in [1.54, 1.807) is 43.5 Å². The van der Waals surface area contributed by atoms with Gasteiger partial charge in [0.05, 0.1) is 12.0 Å². The summed E-state index contributed by atoms with van der Waals surface area (Å²) in [5, 5.41) is 10.2. The number of phenolic OH excluding ortho intramolecular Hbond substituents is 1. The van der Waals surface area contributed by atoms with E-state index in [1.807, 2.05) is 0 Å². The van der Waals surface area contributed by atoms with Crippen LogP contribution in [0.2, 0.25) is 0 Å². The fraction of sp³-hybridized carbons (Fsp3) is 0.333. The highest BCUT2D eigenvalue weighted by Crippen LogP contribution is 2.85. The molecule has 0 radical (unpaired) electrons. The van der Waals surface area contributed by atoms with E-state index < -0.39 is 5.41 Å². The molecule has 6 nitrogen and oxygen atoms in total. The van der Waals surface area contributed by atoms with E-state index in [0.29, 0.717) is 23.9 Å². The Morgan fingerprint density at radius 3 is 2.88 bits per heavy atom. The summed E-state index contributed by atoms with van der Waals surface area (Å²) in [5.74, 6) is 1.83. The minimum absolute atomic E-state index is 0.0163. The van der Waals surface area contributed by atoms with Gasteiger partial charge in [-0.3, -0.25) is 4.79 Å². The van der Waals surface area contributed by atoms with E-state index in [9.17, 15) is 9.90 Å². The van der Waals surface area contributed by atoms with Gasteiger partial charge in [0.1, 0.15) is 23.1 Å². The van der Waals surface area contributed by atoms with Crippen molar-refractivity contribution >= 4 is 11.8 Å². The highest BCUT2D eigenvalue weighted by Gasteiger charge is 2.84. The van der Waals surface area contributed by atoms with Crippen molar-refractivity contribution in [2.24, 2.45) is 11.3 Å². The lowest BCUT2D eigenvalue weighted by Gasteiger charge is -2.14. The minimum atomic E-state index is -0.423. The van der Waals surface area contributed by atoms with E-state index in [2.05, 4.69) is 4.98 Å². The number of nitrogens with zero attached hydrogens (tertiary/aromatic N) is 1. The Morgan fingerprint density at radius 1 is 1.38 bits per heavy atom. The summed E-state index contributed by atoms with van der Waals surface area (Å²) in [6, 6.07) is 8.38. The summed E-state index contributed by atoms with van der Waals surface area (Å²) in [7, 11) is 0. The summed E-state index contributed by atoms with van der Waals surface area (Å²) >= 11 is 0. The molecule has 4 rings (SSSR count).